The Balaban J connectivity index is 2.51. The lowest BCUT2D eigenvalue weighted by Crippen LogP contribution is -2.27. The molecular weight excluding hydrogens is 317 g/mol. The number of hydrogen-bond donors (Lipinski definition) is 1. The van der Waals surface area contributed by atoms with E-state index in [1.165, 1.54) is 0 Å². The van der Waals surface area contributed by atoms with Crippen LogP contribution in [-0.4, -0.2) is 26.7 Å². The summed E-state index contributed by atoms with van der Waals surface area (Å²) in [6.07, 6.45) is 2.18. The number of amides is 1. The van der Waals surface area contributed by atoms with E-state index in [0.29, 0.717) is 5.69 Å². The molecule has 5 heteroatoms. The van der Waals surface area contributed by atoms with Crippen LogP contribution in [-0.2, 0) is 6.54 Å². The van der Waals surface area contributed by atoms with Gasteiger partial charge in [0.15, 0.2) is 0 Å². The van der Waals surface area contributed by atoms with Crippen LogP contribution in [0.25, 0.3) is 0 Å². The molecule has 0 saturated carbocycles. The number of rotatable bonds is 6. The molecule has 4 nitrogen and oxygen atoms in total. The Morgan fingerprint density at radius 3 is 2.94 bits per heavy atom. The van der Waals surface area contributed by atoms with Crippen molar-refractivity contribution in [3.8, 4) is 0 Å². The van der Waals surface area contributed by atoms with E-state index in [2.05, 4.69) is 33.0 Å². The largest absolute Gasteiger partial charge is 0.351 e. The van der Waals surface area contributed by atoms with Gasteiger partial charge in [0.2, 0.25) is 0 Å². The molecule has 1 aromatic rings. The molecule has 1 N–H and O–H groups in total. The molecule has 0 saturated heterocycles. The van der Waals surface area contributed by atoms with Crippen LogP contribution in [0.4, 0.5) is 0 Å². The normalized spacial score (nSPS) is 10.4. The number of nitrogens with one attached hydrogen (secondary N) is 1. The van der Waals surface area contributed by atoms with E-state index in [-0.39, 0.29) is 5.91 Å². The summed E-state index contributed by atoms with van der Waals surface area (Å²) in [5, 5.41) is 7.17. The molecule has 0 atom stereocenters. The standard InChI is InChI=1S/C11H18IN3O/c1-3-15-10(8-9(2)14-15)11(16)13-7-5-4-6-12/h8H,3-7H2,1-2H3,(H,13,16). The Morgan fingerprint density at radius 1 is 1.56 bits per heavy atom. The number of hydrogen-bond acceptors (Lipinski definition) is 2. The van der Waals surface area contributed by atoms with Crippen LogP contribution in [0.1, 0.15) is 35.9 Å². The molecule has 16 heavy (non-hydrogen) atoms. The van der Waals surface area contributed by atoms with Gasteiger partial charge >= 0.3 is 0 Å². The third-order valence-corrected chi connectivity index (χ3v) is 3.04. The predicted octanol–water partition coefficient (Wildman–Crippen LogP) is 2.16. The van der Waals surface area contributed by atoms with Crippen LogP contribution in [0.2, 0.25) is 0 Å². The second-order valence-corrected chi connectivity index (χ2v) is 4.72. The smallest absolute Gasteiger partial charge is 0.269 e. The van der Waals surface area contributed by atoms with Crippen molar-refractivity contribution in [1.82, 2.24) is 15.1 Å². The molecule has 0 aliphatic carbocycles. The van der Waals surface area contributed by atoms with Crippen LogP contribution in [0.5, 0.6) is 0 Å². The second kappa shape index (κ2) is 6.88. The molecular formula is C11H18IN3O. The third kappa shape index (κ3) is 3.77. The highest BCUT2D eigenvalue weighted by Crippen LogP contribution is 2.03. The Morgan fingerprint density at radius 2 is 2.31 bits per heavy atom. The van der Waals surface area contributed by atoms with Crippen molar-refractivity contribution >= 4 is 28.5 Å². The highest BCUT2D eigenvalue weighted by molar-refractivity contribution is 14.1. The Labute approximate surface area is 110 Å². The maximum Gasteiger partial charge on any atom is 0.269 e. The van der Waals surface area contributed by atoms with Crippen LogP contribution in [0.15, 0.2) is 6.07 Å². The van der Waals surface area contributed by atoms with Crippen LogP contribution >= 0.6 is 22.6 Å². The van der Waals surface area contributed by atoms with Gasteiger partial charge in [0.05, 0.1) is 5.69 Å². The molecule has 1 rings (SSSR count). The van der Waals surface area contributed by atoms with Gasteiger partial charge in [0.1, 0.15) is 5.69 Å². The van der Waals surface area contributed by atoms with E-state index in [0.717, 1.165) is 36.1 Å². The number of halogens is 1. The fourth-order valence-electron chi connectivity index (χ4n) is 1.48. The highest BCUT2D eigenvalue weighted by atomic mass is 127. The molecule has 0 bridgehead atoms. The summed E-state index contributed by atoms with van der Waals surface area (Å²) in [5.41, 5.74) is 1.55. The minimum atomic E-state index is -0.0177. The topological polar surface area (TPSA) is 46.9 Å². The molecule has 0 unspecified atom stereocenters. The van der Waals surface area contributed by atoms with Gasteiger partial charge in [-0.15, -0.1) is 0 Å². The van der Waals surface area contributed by atoms with E-state index in [9.17, 15) is 4.79 Å². The first-order valence-corrected chi connectivity index (χ1v) is 7.10. The highest BCUT2D eigenvalue weighted by Gasteiger charge is 2.11. The third-order valence-electron chi connectivity index (χ3n) is 2.28. The second-order valence-electron chi connectivity index (χ2n) is 3.64. The van der Waals surface area contributed by atoms with E-state index in [1.54, 1.807) is 4.68 Å². The predicted molar refractivity (Wildman–Crippen MR) is 73.1 cm³/mol. The minimum absolute atomic E-state index is 0.0177. The first-order valence-electron chi connectivity index (χ1n) is 5.57. The number of aromatic nitrogens is 2. The van der Waals surface area contributed by atoms with Gasteiger partial charge in [-0.3, -0.25) is 9.48 Å². The van der Waals surface area contributed by atoms with Crippen LogP contribution < -0.4 is 5.32 Å². The summed E-state index contributed by atoms with van der Waals surface area (Å²) in [6.45, 7) is 5.36. The quantitative estimate of drug-likeness (QED) is 0.492. The molecule has 1 aromatic heterocycles. The molecule has 0 aromatic carbocycles. The number of unbranched alkanes of at least 4 members (excludes halogenated alkanes) is 1. The van der Waals surface area contributed by atoms with Crippen molar-refractivity contribution in [3.05, 3.63) is 17.5 Å². The molecule has 1 heterocycles. The van der Waals surface area contributed by atoms with E-state index in [4.69, 9.17) is 0 Å². The van der Waals surface area contributed by atoms with Gasteiger partial charge in [-0.1, -0.05) is 22.6 Å². The zero-order chi connectivity index (χ0) is 12.0. The lowest BCUT2D eigenvalue weighted by Gasteiger charge is -2.05. The monoisotopic (exact) mass is 335 g/mol. The number of carbonyl (C=O) groups excluding carboxylic acids is 1. The number of aryl methyl sites for hydroxylation is 2. The van der Waals surface area contributed by atoms with Gasteiger partial charge in [0, 0.05) is 13.1 Å². The summed E-state index contributed by atoms with van der Waals surface area (Å²) in [5.74, 6) is -0.0177. The Bertz CT molecular complexity index is 349. The summed E-state index contributed by atoms with van der Waals surface area (Å²) in [4.78, 5) is 11.8. The number of nitrogens with zero attached hydrogens (tertiary/aromatic N) is 2. The minimum Gasteiger partial charge on any atom is -0.351 e. The molecule has 0 spiro atoms. The molecule has 0 aliphatic rings. The van der Waals surface area contributed by atoms with Crippen molar-refractivity contribution in [2.75, 3.05) is 11.0 Å². The number of carbonyl (C=O) groups is 1. The van der Waals surface area contributed by atoms with Crippen molar-refractivity contribution in [2.24, 2.45) is 0 Å². The Hall–Kier alpha value is -0.590. The molecule has 1 amide bonds. The molecule has 0 radical (unpaired) electrons. The van der Waals surface area contributed by atoms with Gasteiger partial charge in [0.25, 0.3) is 5.91 Å². The summed E-state index contributed by atoms with van der Waals surface area (Å²) in [7, 11) is 0. The zero-order valence-electron chi connectivity index (χ0n) is 9.79. The summed E-state index contributed by atoms with van der Waals surface area (Å²) < 4.78 is 2.88. The van der Waals surface area contributed by atoms with Crippen molar-refractivity contribution < 1.29 is 4.79 Å². The van der Waals surface area contributed by atoms with Gasteiger partial charge in [-0.25, -0.2) is 0 Å². The summed E-state index contributed by atoms with van der Waals surface area (Å²) in [6, 6.07) is 1.83. The van der Waals surface area contributed by atoms with Crippen molar-refractivity contribution in [3.63, 3.8) is 0 Å². The SMILES string of the molecule is CCn1nc(C)cc1C(=O)NCCCCI. The first kappa shape index (κ1) is 13.5. The maximum atomic E-state index is 11.8. The maximum absolute atomic E-state index is 11.8. The lowest BCUT2D eigenvalue weighted by atomic mass is 10.3. The average Bonchev–Trinajstić information content (AvgIpc) is 2.65. The van der Waals surface area contributed by atoms with E-state index in [1.807, 2.05) is 19.9 Å². The van der Waals surface area contributed by atoms with Gasteiger partial charge < -0.3 is 5.32 Å². The Kier molecular flexibility index (Phi) is 5.79. The van der Waals surface area contributed by atoms with Crippen molar-refractivity contribution in [1.29, 1.82) is 0 Å². The van der Waals surface area contributed by atoms with E-state index < -0.39 is 0 Å². The first-order chi connectivity index (χ1) is 7.69. The fraction of sp³-hybridized carbons (Fsp3) is 0.636. The van der Waals surface area contributed by atoms with Crippen LogP contribution in [0, 0.1) is 6.92 Å². The fourth-order valence-corrected chi connectivity index (χ4v) is 2.02. The van der Waals surface area contributed by atoms with Crippen LogP contribution in [0.3, 0.4) is 0 Å². The van der Waals surface area contributed by atoms with Gasteiger partial charge in [-0.05, 0) is 37.2 Å². The van der Waals surface area contributed by atoms with E-state index >= 15 is 0 Å². The summed E-state index contributed by atoms with van der Waals surface area (Å²) >= 11 is 2.34. The molecule has 0 fully saturated rings. The molecule has 0 aliphatic heterocycles. The van der Waals surface area contributed by atoms with Crippen molar-refractivity contribution in [2.45, 2.75) is 33.2 Å². The van der Waals surface area contributed by atoms with Gasteiger partial charge in [-0.2, -0.15) is 5.10 Å². The number of alkyl halides is 1. The lowest BCUT2D eigenvalue weighted by molar-refractivity contribution is 0.0942. The average molecular weight is 335 g/mol. The molecule has 90 valence electrons. The zero-order valence-corrected chi connectivity index (χ0v) is 12.0.